The van der Waals surface area contributed by atoms with Gasteiger partial charge in [-0.1, -0.05) is 98.8 Å². The molecule has 1 aliphatic heterocycles. The van der Waals surface area contributed by atoms with E-state index in [1.807, 2.05) is 18.5 Å². The van der Waals surface area contributed by atoms with Gasteiger partial charge in [0, 0.05) is 44.9 Å². The van der Waals surface area contributed by atoms with Crippen LogP contribution in [-0.4, -0.2) is 9.32 Å². The minimum absolute atomic E-state index is 0.0843. The van der Waals surface area contributed by atoms with Crippen molar-refractivity contribution in [3.05, 3.63) is 157 Å². The number of pyridine rings is 1. The highest BCUT2D eigenvalue weighted by atomic mass is 31.1. The number of nitrogens with zero attached hydrogens (tertiary/aromatic N) is 3. The van der Waals surface area contributed by atoms with Crippen LogP contribution in [0.5, 0.6) is 0 Å². The molecule has 0 aliphatic carbocycles. The lowest BCUT2D eigenvalue weighted by Gasteiger charge is -2.42. The molecule has 2 aromatic heterocycles. The van der Waals surface area contributed by atoms with E-state index in [1.165, 1.54) is 60.6 Å². The van der Waals surface area contributed by atoms with Crippen molar-refractivity contribution in [1.29, 1.82) is 0 Å². The lowest BCUT2D eigenvalue weighted by atomic mass is 9.73. The zero-order chi connectivity index (χ0) is 28.3. The molecule has 4 heteroatoms. The van der Waals surface area contributed by atoms with Gasteiger partial charge in [-0.05, 0) is 59.7 Å². The molecule has 3 nitrogen and oxygen atoms in total. The van der Waals surface area contributed by atoms with Crippen LogP contribution in [0.4, 0.5) is 17.1 Å². The van der Waals surface area contributed by atoms with Crippen molar-refractivity contribution in [1.82, 2.24) is 9.32 Å². The first-order valence-corrected chi connectivity index (χ1v) is 15.7. The van der Waals surface area contributed by atoms with Crippen LogP contribution >= 0.6 is 8.07 Å². The van der Waals surface area contributed by atoms with Gasteiger partial charge in [-0.25, -0.2) is 0 Å². The Morgan fingerprint density at radius 2 is 1.19 bits per heavy atom. The first-order valence-electron chi connectivity index (χ1n) is 14.4. The molecular formula is C38H30N3P. The molecule has 0 spiro atoms. The Balaban J connectivity index is 1.40. The van der Waals surface area contributed by atoms with Crippen molar-refractivity contribution < 1.29 is 0 Å². The highest BCUT2D eigenvalue weighted by molar-refractivity contribution is 7.72. The second-order valence-corrected chi connectivity index (χ2v) is 13.4. The Bertz CT molecular complexity index is 1990. The molecule has 8 rings (SSSR count). The van der Waals surface area contributed by atoms with E-state index >= 15 is 0 Å². The summed E-state index contributed by atoms with van der Waals surface area (Å²) in [5.74, 6) is 0. The van der Waals surface area contributed by atoms with E-state index in [-0.39, 0.29) is 5.41 Å². The predicted molar refractivity (Wildman–Crippen MR) is 179 cm³/mol. The van der Waals surface area contributed by atoms with E-state index < -0.39 is 8.07 Å². The molecule has 1 atom stereocenters. The van der Waals surface area contributed by atoms with Gasteiger partial charge in [-0.2, -0.15) is 0 Å². The average molecular weight is 560 g/mol. The zero-order valence-corrected chi connectivity index (χ0v) is 24.5. The molecule has 5 aromatic carbocycles. The maximum atomic E-state index is 4.53. The Kier molecular flexibility index (Phi) is 5.77. The minimum Gasteiger partial charge on any atom is -0.310 e. The van der Waals surface area contributed by atoms with E-state index in [0.717, 1.165) is 0 Å². The van der Waals surface area contributed by atoms with Crippen LogP contribution in [0.25, 0.3) is 21.8 Å². The molecule has 0 N–H and O–H groups in total. The predicted octanol–water partition coefficient (Wildman–Crippen LogP) is 9.19. The molecule has 0 saturated heterocycles. The standard InChI is InChI=1S/C38H30N3P/c1-38(2)32-17-7-10-20-36(32)40(37-21-11-8-18-33(37)38)27-22-23-35-31(25-27)30-16-6-9-19-34(30)41(35)42(28-13-4-3-5-14-28)29-15-12-24-39-26-29/h3-26H,1-2H3. The van der Waals surface area contributed by atoms with Crippen molar-refractivity contribution in [3.63, 3.8) is 0 Å². The largest absolute Gasteiger partial charge is 0.310 e. The summed E-state index contributed by atoms with van der Waals surface area (Å²) in [6.45, 7) is 4.67. The fraction of sp³-hybridized carbons (Fsp3) is 0.0789. The van der Waals surface area contributed by atoms with Gasteiger partial charge in [0.15, 0.2) is 0 Å². The van der Waals surface area contributed by atoms with Gasteiger partial charge < -0.3 is 9.24 Å². The van der Waals surface area contributed by atoms with Crippen molar-refractivity contribution in [3.8, 4) is 0 Å². The highest BCUT2D eigenvalue weighted by Crippen LogP contribution is 2.52. The van der Waals surface area contributed by atoms with Gasteiger partial charge in [0.25, 0.3) is 0 Å². The third-order valence-electron chi connectivity index (χ3n) is 8.62. The van der Waals surface area contributed by atoms with Crippen molar-refractivity contribution >= 4 is 57.5 Å². The molecule has 7 aromatic rings. The van der Waals surface area contributed by atoms with Crippen LogP contribution in [0, 0.1) is 0 Å². The number of hydrogen-bond acceptors (Lipinski definition) is 2. The minimum atomic E-state index is -0.889. The molecule has 42 heavy (non-hydrogen) atoms. The number of fused-ring (bicyclic) bond motifs is 5. The van der Waals surface area contributed by atoms with Crippen LogP contribution in [0.3, 0.4) is 0 Å². The quantitative estimate of drug-likeness (QED) is 0.201. The van der Waals surface area contributed by atoms with Gasteiger partial charge >= 0.3 is 0 Å². The lowest BCUT2D eigenvalue weighted by molar-refractivity contribution is 0.632. The monoisotopic (exact) mass is 559 g/mol. The summed E-state index contributed by atoms with van der Waals surface area (Å²) in [6, 6.07) is 48.7. The van der Waals surface area contributed by atoms with Gasteiger partial charge in [-0.15, -0.1) is 0 Å². The summed E-state index contributed by atoms with van der Waals surface area (Å²) < 4.78 is 2.55. The number of hydrogen-bond donors (Lipinski definition) is 0. The molecule has 1 unspecified atom stereocenters. The fourth-order valence-electron chi connectivity index (χ4n) is 6.67. The molecule has 0 bridgehead atoms. The topological polar surface area (TPSA) is 21.1 Å². The number of anilines is 3. The van der Waals surface area contributed by atoms with E-state index in [1.54, 1.807) is 0 Å². The Hall–Kier alpha value is -4.72. The van der Waals surface area contributed by atoms with E-state index in [0.29, 0.717) is 0 Å². The van der Waals surface area contributed by atoms with Crippen molar-refractivity contribution in [2.75, 3.05) is 4.90 Å². The fourth-order valence-corrected chi connectivity index (χ4v) is 9.07. The van der Waals surface area contributed by atoms with Crippen LogP contribution in [0.15, 0.2) is 146 Å². The molecule has 1 aliphatic rings. The van der Waals surface area contributed by atoms with Crippen LogP contribution < -0.4 is 15.5 Å². The Labute approximate surface area is 247 Å². The normalized spacial score (nSPS) is 14.5. The SMILES string of the molecule is CC1(C)c2ccccc2N(c2ccc3c(c2)c2ccccc2n3P(c2ccccc2)c2cccnc2)c2ccccc21. The maximum absolute atomic E-state index is 4.53. The van der Waals surface area contributed by atoms with E-state index in [2.05, 4.69) is 155 Å². The number of aromatic nitrogens is 2. The first-order chi connectivity index (χ1) is 20.6. The molecule has 0 fully saturated rings. The smallest absolute Gasteiger partial charge is 0.0614 e. The summed E-state index contributed by atoms with van der Waals surface area (Å²) in [5.41, 5.74) is 8.73. The number of rotatable bonds is 4. The summed E-state index contributed by atoms with van der Waals surface area (Å²) in [5, 5.41) is 5.05. The summed E-state index contributed by atoms with van der Waals surface area (Å²) in [7, 11) is -0.889. The summed E-state index contributed by atoms with van der Waals surface area (Å²) in [4.78, 5) is 6.97. The van der Waals surface area contributed by atoms with E-state index in [4.69, 9.17) is 0 Å². The van der Waals surface area contributed by atoms with Gasteiger partial charge in [0.05, 0.1) is 30.5 Å². The lowest BCUT2D eigenvalue weighted by Crippen LogP contribution is -2.30. The Morgan fingerprint density at radius 1 is 0.571 bits per heavy atom. The third kappa shape index (κ3) is 3.74. The molecule has 0 radical (unpaired) electrons. The van der Waals surface area contributed by atoms with Crippen molar-refractivity contribution in [2.45, 2.75) is 19.3 Å². The zero-order valence-electron chi connectivity index (χ0n) is 23.6. The Morgan fingerprint density at radius 3 is 1.90 bits per heavy atom. The summed E-state index contributed by atoms with van der Waals surface area (Å²) >= 11 is 0. The number of para-hydroxylation sites is 3. The third-order valence-corrected chi connectivity index (χ3v) is 11.0. The molecule has 0 amide bonds. The second-order valence-electron chi connectivity index (χ2n) is 11.4. The van der Waals surface area contributed by atoms with Gasteiger partial charge in [-0.3, -0.25) is 4.98 Å². The summed E-state index contributed by atoms with van der Waals surface area (Å²) in [6.07, 6.45) is 3.88. The van der Waals surface area contributed by atoms with Gasteiger partial charge in [0.2, 0.25) is 0 Å². The van der Waals surface area contributed by atoms with Crippen LogP contribution in [0.2, 0.25) is 0 Å². The highest BCUT2D eigenvalue weighted by Gasteiger charge is 2.36. The first kappa shape index (κ1) is 25.0. The molecule has 3 heterocycles. The maximum Gasteiger partial charge on any atom is 0.0614 e. The van der Waals surface area contributed by atoms with Gasteiger partial charge in [0.1, 0.15) is 0 Å². The van der Waals surface area contributed by atoms with Crippen molar-refractivity contribution in [2.24, 2.45) is 0 Å². The van der Waals surface area contributed by atoms with Crippen LogP contribution in [-0.2, 0) is 5.41 Å². The number of benzene rings is 5. The molecule has 202 valence electrons. The van der Waals surface area contributed by atoms with E-state index in [9.17, 15) is 0 Å². The molecular weight excluding hydrogens is 529 g/mol. The van der Waals surface area contributed by atoms with Crippen LogP contribution in [0.1, 0.15) is 25.0 Å². The second kappa shape index (κ2) is 9.69. The average Bonchev–Trinajstić information content (AvgIpc) is 3.36. The molecule has 0 saturated carbocycles.